The quantitative estimate of drug-likeness (QED) is 0.463. The highest BCUT2D eigenvalue weighted by molar-refractivity contribution is 7.98. The molecule has 6 nitrogen and oxygen atoms in total. The SMILES string of the molecule is c1ccc(-c2nnc(CSc3nc(C4CC4)n(-c4ccccc4)n3)o2)cc1. The molecule has 7 heteroatoms. The third-order valence-corrected chi connectivity index (χ3v) is 5.19. The van der Waals surface area contributed by atoms with Crippen LogP contribution in [0.4, 0.5) is 0 Å². The molecule has 0 radical (unpaired) electrons. The van der Waals surface area contributed by atoms with Crippen LogP contribution in [-0.4, -0.2) is 25.0 Å². The number of thioether (sulfide) groups is 1. The van der Waals surface area contributed by atoms with Gasteiger partial charge in [-0.25, -0.2) is 9.67 Å². The largest absolute Gasteiger partial charge is 0.420 e. The molecule has 2 heterocycles. The molecule has 134 valence electrons. The van der Waals surface area contributed by atoms with Crippen molar-refractivity contribution < 1.29 is 4.42 Å². The maximum atomic E-state index is 5.77. The lowest BCUT2D eigenvalue weighted by Crippen LogP contribution is -2.01. The lowest BCUT2D eigenvalue weighted by molar-refractivity contribution is 0.528. The van der Waals surface area contributed by atoms with Gasteiger partial charge in [0, 0.05) is 11.5 Å². The highest BCUT2D eigenvalue weighted by Crippen LogP contribution is 2.40. The summed E-state index contributed by atoms with van der Waals surface area (Å²) in [5.74, 6) is 3.21. The topological polar surface area (TPSA) is 69.6 Å². The van der Waals surface area contributed by atoms with Crippen LogP contribution in [-0.2, 0) is 5.75 Å². The van der Waals surface area contributed by atoms with Gasteiger partial charge in [-0.05, 0) is 37.1 Å². The van der Waals surface area contributed by atoms with E-state index in [9.17, 15) is 0 Å². The van der Waals surface area contributed by atoms with Crippen LogP contribution in [0, 0.1) is 0 Å². The molecule has 1 aliphatic carbocycles. The Balaban J connectivity index is 1.34. The lowest BCUT2D eigenvalue weighted by Gasteiger charge is -2.03. The van der Waals surface area contributed by atoms with E-state index in [4.69, 9.17) is 14.5 Å². The first kappa shape index (κ1) is 16.3. The van der Waals surface area contributed by atoms with Crippen LogP contribution in [0.2, 0.25) is 0 Å². The Morgan fingerprint density at radius 3 is 2.44 bits per heavy atom. The summed E-state index contributed by atoms with van der Waals surface area (Å²) in [6.45, 7) is 0. The van der Waals surface area contributed by atoms with Crippen molar-refractivity contribution in [3.63, 3.8) is 0 Å². The summed E-state index contributed by atoms with van der Waals surface area (Å²) < 4.78 is 7.73. The maximum Gasteiger partial charge on any atom is 0.247 e. The third kappa shape index (κ3) is 3.50. The molecule has 1 saturated carbocycles. The van der Waals surface area contributed by atoms with Gasteiger partial charge >= 0.3 is 0 Å². The fourth-order valence-corrected chi connectivity index (χ4v) is 3.53. The van der Waals surface area contributed by atoms with Gasteiger partial charge in [0.15, 0.2) is 0 Å². The molecule has 27 heavy (non-hydrogen) atoms. The molecule has 2 aromatic carbocycles. The first-order chi connectivity index (χ1) is 13.4. The zero-order chi connectivity index (χ0) is 18.1. The predicted molar refractivity (Wildman–Crippen MR) is 103 cm³/mol. The van der Waals surface area contributed by atoms with E-state index in [0.29, 0.717) is 23.5 Å². The van der Waals surface area contributed by atoms with Crippen LogP contribution in [0.25, 0.3) is 17.1 Å². The molecule has 0 N–H and O–H groups in total. The Morgan fingerprint density at radius 1 is 0.963 bits per heavy atom. The van der Waals surface area contributed by atoms with Crippen LogP contribution in [0.1, 0.15) is 30.5 Å². The summed E-state index contributed by atoms with van der Waals surface area (Å²) in [7, 11) is 0. The van der Waals surface area contributed by atoms with Gasteiger partial charge in [0.25, 0.3) is 0 Å². The van der Waals surface area contributed by atoms with E-state index in [0.717, 1.165) is 22.2 Å². The highest BCUT2D eigenvalue weighted by Gasteiger charge is 2.30. The van der Waals surface area contributed by atoms with E-state index in [2.05, 4.69) is 22.3 Å². The Morgan fingerprint density at radius 2 is 1.70 bits per heavy atom. The molecule has 4 aromatic rings. The van der Waals surface area contributed by atoms with Crippen LogP contribution in [0.5, 0.6) is 0 Å². The molecule has 0 unspecified atom stereocenters. The van der Waals surface area contributed by atoms with E-state index >= 15 is 0 Å². The van der Waals surface area contributed by atoms with Crippen LogP contribution >= 0.6 is 11.8 Å². The van der Waals surface area contributed by atoms with Crippen molar-refractivity contribution in [2.24, 2.45) is 0 Å². The first-order valence-corrected chi connectivity index (χ1v) is 9.88. The third-order valence-electron chi connectivity index (χ3n) is 4.37. The Kier molecular flexibility index (Phi) is 4.21. The molecule has 5 rings (SSSR count). The van der Waals surface area contributed by atoms with E-state index in [1.807, 2.05) is 53.2 Å². The standard InChI is InChI=1S/C20H17N5OS/c1-3-7-15(8-4-1)19-23-22-17(26-19)13-27-20-21-18(14-11-12-14)25(24-20)16-9-5-2-6-10-16/h1-10,14H,11-13H2. The smallest absolute Gasteiger partial charge is 0.247 e. The maximum absolute atomic E-state index is 5.77. The van der Waals surface area contributed by atoms with Crippen molar-refractivity contribution in [1.29, 1.82) is 0 Å². The molecule has 0 bridgehead atoms. The Bertz CT molecular complexity index is 1040. The lowest BCUT2D eigenvalue weighted by atomic mass is 10.2. The van der Waals surface area contributed by atoms with Crippen molar-refractivity contribution in [2.45, 2.75) is 29.7 Å². The van der Waals surface area contributed by atoms with E-state index < -0.39 is 0 Å². The average Bonchev–Trinajstić information content (AvgIpc) is 3.31. The minimum absolute atomic E-state index is 0.514. The number of hydrogen-bond donors (Lipinski definition) is 0. The van der Waals surface area contributed by atoms with Gasteiger partial charge < -0.3 is 4.42 Å². The van der Waals surface area contributed by atoms with Crippen LogP contribution < -0.4 is 0 Å². The number of aromatic nitrogens is 5. The van der Waals surface area contributed by atoms with Crippen molar-refractivity contribution in [1.82, 2.24) is 25.0 Å². The molecule has 1 fully saturated rings. The molecule has 0 spiro atoms. The van der Waals surface area contributed by atoms with E-state index in [1.165, 1.54) is 24.6 Å². The minimum Gasteiger partial charge on any atom is -0.420 e. The summed E-state index contributed by atoms with van der Waals surface area (Å²) in [6, 6.07) is 19.9. The Hall–Kier alpha value is -2.93. The van der Waals surface area contributed by atoms with Gasteiger partial charge in [-0.2, -0.15) is 0 Å². The molecule has 0 atom stereocenters. The van der Waals surface area contributed by atoms with Crippen molar-refractivity contribution >= 4 is 11.8 Å². The zero-order valence-corrected chi connectivity index (χ0v) is 15.3. The second-order valence-electron chi connectivity index (χ2n) is 6.43. The zero-order valence-electron chi connectivity index (χ0n) is 14.5. The number of nitrogens with zero attached hydrogens (tertiary/aromatic N) is 5. The molecular formula is C20H17N5OS. The first-order valence-electron chi connectivity index (χ1n) is 8.90. The second kappa shape index (κ2) is 7.00. The fraction of sp³-hybridized carbons (Fsp3) is 0.200. The van der Waals surface area contributed by atoms with E-state index in [-0.39, 0.29) is 0 Å². The number of para-hydroxylation sites is 1. The fourth-order valence-electron chi connectivity index (χ4n) is 2.87. The van der Waals surface area contributed by atoms with E-state index in [1.54, 1.807) is 0 Å². The molecule has 0 amide bonds. The van der Waals surface area contributed by atoms with Crippen molar-refractivity contribution in [2.75, 3.05) is 0 Å². The summed E-state index contributed by atoms with van der Waals surface area (Å²) in [5.41, 5.74) is 1.96. The number of benzene rings is 2. The summed E-state index contributed by atoms with van der Waals surface area (Å²) in [6.07, 6.45) is 2.36. The van der Waals surface area contributed by atoms with Gasteiger partial charge in [0.2, 0.25) is 16.9 Å². The van der Waals surface area contributed by atoms with Crippen molar-refractivity contribution in [3.05, 3.63) is 72.4 Å². The van der Waals surface area contributed by atoms with Gasteiger partial charge in [0.05, 0.1) is 11.4 Å². The Labute approximate surface area is 160 Å². The molecular weight excluding hydrogens is 358 g/mol. The monoisotopic (exact) mass is 375 g/mol. The van der Waals surface area contributed by atoms with Gasteiger partial charge in [0.1, 0.15) is 5.82 Å². The molecule has 0 aliphatic heterocycles. The van der Waals surface area contributed by atoms with Gasteiger partial charge in [-0.15, -0.1) is 15.3 Å². The van der Waals surface area contributed by atoms with Crippen molar-refractivity contribution in [3.8, 4) is 17.1 Å². The number of rotatable bonds is 6. The summed E-state index contributed by atoms with van der Waals surface area (Å²) in [5, 5.41) is 13.7. The molecule has 1 aliphatic rings. The average molecular weight is 375 g/mol. The highest BCUT2D eigenvalue weighted by atomic mass is 32.2. The number of hydrogen-bond acceptors (Lipinski definition) is 6. The van der Waals surface area contributed by atoms with Crippen LogP contribution in [0.15, 0.2) is 70.2 Å². The second-order valence-corrected chi connectivity index (χ2v) is 7.37. The van der Waals surface area contributed by atoms with Gasteiger partial charge in [-0.3, -0.25) is 0 Å². The predicted octanol–water partition coefficient (Wildman–Crippen LogP) is 4.49. The summed E-state index contributed by atoms with van der Waals surface area (Å²) in [4.78, 5) is 4.75. The normalized spacial score (nSPS) is 13.8. The molecule has 0 saturated heterocycles. The van der Waals surface area contributed by atoms with Crippen LogP contribution in [0.3, 0.4) is 0 Å². The summed E-state index contributed by atoms with van der Waals surface area (Å²) >= 11 is 1.52. The molecule has 2 aromatic heterocycles. The minimum atomic E-state index is 0.514. The van der Waals surface area contributed by atoms with Gasteiger partial charge in [-0.1, -0.05) is 48.2 Å².